The second kappa shape index (κ2) is 5.82. The van der Waals surface area contributed by atoms with Crippen molar-refractivity contribution in [1.82, 2.24) is 0 Å². The van der Waals surface area contributed by atoms with Crippen LogP contribution in [0, 0.1) is 0 Å². The molecule has 0 heterocycles. The number of carbonyl (C=O) groups excluding carboxylic acids is 1. The highest BCUT2D eigenvalue weighted by Crippen LogP contribution is 2.25. The van der Waals surface area contributed by atoms with Gasteiger partial charge in [0.15, 0.2) is 0 Å². The summed E-state index contributed by atoms with van der Waals surface area (Å²) in [4.78, 5) is 12.1. The summed E-state index contributed by atoms with van der Waals surface area (Å²) >= 11 is 15.1. The Morgan fingerprint density at radius 3 is 2.53 bits per heavy atom. The minimum Gasteiger partial charge on any atom is -0.397 e. The average molecular weight is 360 g/mol. The van der Waals surface area contributed by atoms with E-state index in [2.05, 4.69) is 21.2 Å². The number of nitrogen functional groups attached to an aromatic ring is 1. The van der Waals surface area contributed by atoms with Gasteiger partial charge in [0.1, 0.15) is 0 Å². The second-order valence-electron chi connectivity index (χ2n) is 3.81. The van der Waals surface area contributed by atoms with Crippen LogP contribution >= 0.6 is 39.1 Å². The highest BCUT2D eigenvalue weighted by Gasteiger charge is 2.12. The molecule has 0 aliphatic rings. The first-order valence-electron chi connectivity index (χ1n) is 5.29. The Kier molecular flexibility index (Phi) is 4.34. The molecule has 0 saturated heterocycles. The summed E-state index contributed by atoms with van der Waals surface area (Å²) in [6.07, 6.45) is 0. The van der Waals surface area contributed by atoms with E-state index in [1.54, 1.807) is 30.3 Å². The van der Waals surface area contributed by atoms with Gasteiger partial charge in [0.2, 0.25) is 0 Å². The van der Waals surface area contributed by atoms with E-state index in [1.165, 1.54) is 6.07 Å². The lowest BCUT2D eigenvalue weighted by Gasteiger charge is -2.09. The highest BCUT2D eigenvalue weighted by molar-refractivity contribution is 9.10. The molecule has 3 nitrogen and oxygen atoms in total. The fraction of sp³-hybridized carbons (Fsp3) is 0. The van der Waals surface area contributed by atoms with Crippen molar-refractivity contribution in [2.24, 2.45) is 0 Å². The quantitative estimate of drug-likeness (QED) is 0.770. The molecule has 0 radical (unpaired) electrons. The minimum atomic E-state index is -0.337. The Morgan fingerprint density at radius 1 is 1.16 bits per heavy atom. The average Bonchev–Trinajstić information content (AvgIpc) is 2.32. The van der Waals surface area contributed by atoms with E-state index in [0.29, 0.717) is 27.0 Å². The molecule has 0 bridgehead atoms. The van der Waals surface area contributed by atoms with Crippen LogP contribution < -0.4 is 11.1 Å². The molecule has 0 spiro atoms. The number of amides is 1. The van der Waals surface area contributed by atoms with Gasteiger partial charge in [0.25, 0.3) is 5.91 Å². The predicted molar refractivity (Wildman–Crippen MR) is 83.0 cm³/mol. The third-order valence-electron chi connectivity index (χ3n) is 2.44. The van der Waals surface area contributed by atoms with Crippen molar-refractivity contribution in [3.63, 3.8) is 0 Å². The Labute approximate surface area is 128 Å². The van der Waals surface area contributed by atoms with Gasteiger partial charge in [-0.15, -0.1) is 0 Å². The maximum absolute atomic E-state index is 12.1. The number of hydrogen-bond acceptors (Lipinski definition) is 2. The van der Waals surface area contributed by atoms with Crippen molar-refractivity contribution in [1.29, 1.82) is 0 Å². The standard InChI is InChI=1S/C13H9BrCl2N2O/c14-7-1-4-12(11(17)5-7)18-13(19)9-3-2-8(15)6-10(9)16/h1-6H,17H2,(H,18,19). The highest BCUT2D eigenvalue weighted by atomic mass is 79.9. The molecule has 2 aromatic carbocycles. The number of benzene rings is 2. The summed E-state index contributed by atoms with van der Waals surface area (Å²) in [6, 6.07) is 9.89. The van der Waals surface area contributed by atoms with E-state index >= 15 is 0 Å². The van der Waals surface area contributed by atoms with Gasteiger partial charge in [-0.1, -0.05) is 39.1 Å². The minimum absolute atomic E-state index is 0.292. The molecule has 0 unspecified atom stereocenters. The fourth-order valence-electron chi connectivity index (χ4n) is 1.51. The number of nitrogens with one attached hydrogen (secondary N) is 1. The van der Waals surface area contributed by atoms with E-state index < -0.39 is 0 Å². The molecule has 1 amide bonds. The van der Waals surface area contributed by atoms with Crippen LogP contribution in [0.4, 0.5) is 11.4 Å². The number of rotatable bonds is 2. The van der Waals surface area contributed by atoms with Gasteiger partial charge in [-0.3, -0.25) is 4.79 Å². The van der Waals surface area contributed by atoms with Gasteiger partial charge in [-0.25, -0.2) is 0 Å². The Bertz CT molecular complexity index is 647. The third kappa shape index (κ3) is 3.41. The van der Waals surface area contributed by atoms with Crippen LogP contribution in [0.5, 0.6) is 0 Å². The number of halogens is 3. The fourth-order valence-corrected chi connectivity index (χ4v) is 2.38. The first-order chi connectivity index (χ1) is 8.97. The van der Waals surface area contributed by atoms with E-state index in [-0.39, 0.29) is 5.91 Å². The third-order valence-corrected chi connectivity index (χ3v) is 3.48. The number of carbonyl (C=O) groups is 1. The van der Waals surface area contributed by atoms with Crippen LogP contribution in [0.15, 0.2) is 40.9 Å². The Hall–Kier alpha value is -1.23. The van der Waals surface area contributed by atoms with Gasteiger partial charge in [0.05, 0.1) is 22.0 Å². The molecule has 19 heavy (non-hydrogen) atoms. The Balaban J connectivity index is 2.25. The summed E-state index contributed by atoms with van der Waals surface area (Å²) in [7, 11) is 0. The molecule has 98 valence electrons. The van der Waals surface area contributed by atoms with Crippen LogP contribution in [0.25, 0.3) is 0 Å². The van der Waals surface area contributed by atoms with Crippen LogP contribution in [-0.4, -0.2) is 5.91 Å². The lowest BCUT2D eigenvalue weighted by molar-refractivity contribution is 0.102. The van der Waals surface area contributed by atoms with Gasteiger partial charge in [0, 0.05) is 9.50 Å². The van der Waals surface area contributed by atoms with Crippen molar-refractivity contribution >= 4 is 56.4 Å². The van der Waals surface area contributed by atoms with E-state index in [1.807, 2.05) is 0 Å². The predicted octanol–water partition coefficient (Wildman–Crippen LogP) is 4.59. The number of hydrogen-bond donors (Lipinski definition) is 2. The van der Waals surface area contributed by atoms with Crippen molar-refractivity contribution < 1.29 is 4.79 Å². The normalized spacial score (nSPS) is 10.3. The maximum Gasteiger partial charge on any atom is 0.257 e. The summed E-state index contributed by atoms with van der Waals surface area (Å²) in [5.41, 5.74) is 7.14. The molecule has 6 heteroatoms. The lowest BCUT2D eigenvalue weighted by atomic mass is 10.2. The molecule has 3 N–H and O–H groups in total. The molecule has 2 rings (SSSR count). The summed E-state index contributed by atoms with van der Waals surface area (Å²) in [5, 5.41) is 3.47. The van der Waals surface area contributed by atoms with E-state index in [9.17, 15) is 4.79 Å². The van der Waals surface area contributed by atoms with Crippen molar-refractivity contribution in [3.8, 4) is 0 Å². The molecule has 0 aromatic heterocycles. The number of anilines is 2. The van der Waals surface area contributed by atoms with Crippen LogP contribution in [-0.2, 0) is 0 Å². The second-order valence-corrected chi connectivity index (χ2v) is 5.57. The SMILES string of the molecule is Nc1cc(Br)ccc1NC(=O)c1ccc(Cl)cc1Cl. The molecular formula is C13H9BrCl2N2O. The molecule has 0 atom stereocenters. The Morgan fingerprint density at radius 2 is 1.89 bits per heavy atom. The van der Waals surface area contributed by atoms with Crippen molar-refractivity contribution in [2.75, 3.05) is 11.1 Å². The van der Waals surface area contributed by atoms with Gasteiger partial charge >= 0.3 is 0 Å². The van der Waals surface area contributed by atoms with Crippen molar-refractivity contribution in [2.45, 2.75) is 0 Å². The molecule has 0 aliphatic heterocycles. The lowest BCUT2D eigenvalue weighted by Crippen LogP contribution is -2.13. The molecule has 0 fully saturated rings. The summed E-state index contributed by atoms with van der Waals surface area (Å²) < 4.78 is 0.840. The largest absolute Gasteiger partial charge is 0.397 e. The van der Waals surface area contributed by atoms with Gasteiger partial charge in [-0.2, -0.15) is 0 Å². The first-order valence-corrected chi connectivity index (χ1v) is 6.83. The maximum atomic E-state index is 12.1. The zero-order chi connectivity index (χ0) is 14.0. The van der Waals surface area contributed by atoms with Crippen LogP contribution in [0.2, 0.25) is 10.0 Å². The van der Waals surface area contributed by atoms with Crippen LogP contribution in [0.3, 0.4) is 0 Å². The topological polar surface area (TPSA) is 55.1 Å². The molecule has 0 aliphatic carbocycles. The van der Waals surface area contributed by atoms with Gasteiger partial charge in [-0.05, 0) is 36.4 Å². The first kappa shape index (κ1) is 14.2. The van der Waals surface area contributed by atoms with Crippen molar-refractivity contribution in [3.05, 3.63) is 56.5 Å². The van der Waals surface area contributed by atoms with Crippen LogP contribution in [0.1, 0.15) is 10.4 Å². The molecule has 2 aromatic rings. The summed E-state index contributed by atoms with van der Waals surface area (Å²) in [6.45, 7) is 0. The van der Waals surface area contributed by atoms with E-state index in [4.69, 9.17) is 28.9 Å². The summed E-state index contributed by atoms with van der Waals surface area (Å²) in [5.74, 6) is -0.337. The molecule has 0 saturated carbocycles. The zero-order valence-electron chi connectivity index (χ0n) is 9.58. The zero-order valence-corrected chi connectivity index (χ0v) is 12.7. The van der Waals surface area contributed by atoms with E-state index in [0.717, 1.165) is 4.47 Å². The molecular weight excluding hydrogens is 351 g/mol. The smallest absolute Gasteiger partial charge is 0.257 e. The monoisotopic (exact) mass is 358 g/mol. The van der Waals surface area contributed by atoms with Gasteiger partial charge < -0.3 is 11.1 Å². The number of nitrogens with two attached hydrogens (primary N) is 1.